The molecule has 0 amide bonds. The number of hydrogen-bond donors (Lipinski definition) is 3. The molecule has 0 unspecified atom stereocenters. The number of nitrogens with one attached hydrogen (secondary N) is 2. The Labute approximate surface area is 106 Å². The lowest BCUT2D eigenvalue weighted by Gasteiger charge is -2.03. The zero-order chi connectivity index (χ0) is 13.8. The van der Waals surface area contributed by atoms with Crippen molar-refractivity contribution < 1.29 is 21.3 Å². The summed E-state index contributed by atoms with van der Waals surface area (Å²) >= 11 is 0. The first-order chi connectivity index (χ1) is 8.24. The molecule has 0 aromatic carbocycles. The number of hydrogen-bond acceptors (Lipinski definition) is 6. The maximum atomic E-state index is 11.1. The third kappa shape index (κ3) is 4.74. The molecule has 0 radical (unpaired) electrons. The van der Waals surface area contributed by atoms with Crippen LogP contribution in [0.5, 0.6) is 0 Å². The van der Waals surface area contributed by atoms with Gasteiger partial charge in [-0.3, -0.25) is 0 Å². The first-order valence-corrected chi connectivity index (χ1v) is 8.18. The van der Waals surface area contributed by atoms with E-state index < -0.39 is 20.0 Å². The van der Waals surface area contributed by atoms with E-state index in [0.717, 1.165) is 0 Å². The Morgan fingerprint density at radius 1 is 1.28 bits per heavy atom. The molecule has 1 aromatic heterocycles. The van der Waals surface area contributed by atoms with Gasteiger partial charge in [-0.25, -0.2) is 26.7 Å². The van der Waals surface area contributed by atoms with E-state index in [0.29, 0.717) is 5.76 Å². The van der Waals surface area contributed by atoms with Crippen molar-refractivity contribution in [2.75, 3.05) is 19.3 Å². The highest BCUT2D eigenvalue weighted by Crippen LogP contribution is 2.11. The van der Waals surface area contributed by atoms with Crippen LogP contribution in [-0.2, 0) is 26.6 Å². The normalized spacial score (nSPS) is 12.8. The van der Waals surface area contributed by atoms with E-state index in [1.165, 1.54) is 19.2 Å². The molecule has 1 rings (SSSR count). The van der Waals surface area contributed by atoms with Crippen molar-refractivity contribution >= 4 is 20.0 Å². The molecular weight excluding hydrogens is 282 g/mol. The summed E-state index contributed by atoms with van der Waals surface area (Å²) in [5.41, 5.74) is 0. The first-order valence-electron chi connectivity index (χ1n) is 4.98. The molecule has 0 atom stereocenters. The van der Waals surface area contributed by atoms with Crippen molar-refractivity contribution in [2.45, 2.75) is 11.6 Å². The van der Waals surface area contributed by atoms with Crippen LogP contribution in [-0.4, -0.2) is 36.2 Å². The van der Waals surface area contributed by atoms with Gasteiger partial charge in [-0.05, 0) is 19.2 Å². The van der Waals surface area contributed by atoms with Crippen molar-refractivity contribution in [1.29, 1.82) is 0 Å². The predicted octanol–water partition coefficient (Wildman–Crippen LogP) is -1.43. The quantitative estimate of drug-likeness (QED) is 0.528. The fraction of sp³-hybridized carbons (Fsp3) is 0.500. The molecule has 0 aliphatic carbocycles. The van der Waals surface area contributed by atoms with Gasteiger partial charge in [0.1, 0.15) is 5.76 Å². The van der Waals surface area contributed by atoms with Crippen LogP contribution in [0.15, 0.2) is 21.6 Å². The summed E-state index contributed by atoms with van der Waals surface area (Å²) in [7, 11) is -5.76. The van der Waals surface area contributed by atoms with Gasteiger partial charge < -0.3 is 9.73 Å². The molecule has 1 heterocycles. The minimum absolute atomic E-state index is 0.0771. The highest BCUT2D eigenvalue weighted by molar-refractivity contribution is 7.89. The largest absolute Gasteiger partial charge is 0.447 e. The molecule has 8 nitrogen and oxygen atoms in total. The van der Waals surface area contributed by atoms with Gasteiger partial charge in [-0.15, -0.1) is 0 Å². The lowest BCUT2D eigenvalue weighted by atomic mass is 10.4. The average Bonchev–Trinajstić information content (AvgIpc) is 2.73. The summed E-state index contributed by atoms with van der Waals surface area (Å²) in [5.74, 6) is 0.285. The van der Waals surface area contributed by atoms with Crippen molar-refractivity contribution in [3.05, 3.63) is 17.9 Å². The van der Waals surface area contributed by atoms with E-state index in [1.807, 2.05) is 0 Å². The van der Waals surface area contributed by atoms with Gasteiger partial charge in [0.25, 0.3) is 10.0 Å². The third-order valence-electron chi connectivity index (χ3n) is 2.08. The van der Waals surface area contributed by atoms with Crippen LogP contribution < -0.4 is 15.2 Å². The monoisotopic (exact) mass is 297 g/mol. The molecule has 0 spiro atoms. The second kappa shape index (κ2) is 5.80. The van der Waals surface area contributed by atoms with Crippen molar-refractivity contribution in [2.24, 2.45) is 5.14 Å². The molecule has 0 aliphatic rings. The maximum absolute atomic E-state index is 11.1. The van der Waals surface area contributed by atoms with E-state index >= 15 is 0 Å². The molecule has 0 aliphatic heterocycles. The fourth-order valence-electron chi connectivity index (χ4n) is 1.13. The summed E-state index contributed by atoms with van der Waals surface area (Å²) in [4.78, 5) is 0. The standard InChI is InChI=1S/C8H15N3O5S2/c1-10-17(12,13)5-4-11-6-7-2-3-8(16-7)18(9,14)15/h2-3,10-11H,4-6H2,1H3,(H2,9,14,15). The third-order valence-corrected chi connectivity index (χ3v) is 4.22. The number of nitrogens with two attached hydrogens (primary N) is 1. The minimum atomic E-state index is -3.84. The van der Waals surface area contributed by atoms with Crippen molar-refractivity contribution in [1.82, 2.24) is 10.0 Å². The summed E-state index contributed by atoms with van der Waals surface area (Å²) in [6.45, 7) is 0.434. The molecule has 10 heteroatoms. The Kier molecular flexibility index (Phi) is 4.87. The Morgan fingerprint density at radius 3 is 2.44 bits per heavy atom. The zero-order valence-electron chi connectivity index (χ0n) is 9.71. The Morgan fingerprint density at radius 2 is 1.94 bits per heavy atom. The second-order valence-corrected chi connectivity index (χ2v) is 7.00. The molecule has 0 saturated carbocycles. The number of primary sulfonamides is 1. The van der Waals surface area contributed by atoms with Crippen LogP contribution in [0.2, 0.25) is 0 Å². The smallest absolute Gasteiger partial charge is 0.271 e. The molecule has 0 fully saturated rings. The van der Waals surface area contributed by atoms with Gasteiger partial charge in [-0.1, -0.05) is 0 Å². The van der Waals surface area contributed by atoms with E-state index in [4.69, 9.17) is 9.56 Å². The van der Waals surface area contributed by atoms with Gasteiger partial charge in [0, 0.05) is 6.54 Å². The van der Waals surface area contributed by atoms with Crippen LogP contribution in [0.25, 0.3) is 0 Å². The van der Waals surface area contributed by atoms with Crippen LogP contribution >= 0.6 is 0 Å². The van der Waals surface area contributed by atoms with Crippen LogP contribution in [0.3, 0.4) is 0 Å². The van der Waals surface area contributed by atoms with Crippen LogP contribution in [0.4, 0.5) is 0 Å². The SMILES string of the molecule is CNS(=O)(=O)CCNCc1ccc(S(N)(=O)=O)o1. The highest BCUT2D eigenvalue weighted by Gasteiger charge is 2.13. The zero-order valence-corrected chi connectivity index (χ0v) is 11.3. The fourth-order valence-corrected chi connectivity index (χ4v) is 2.22. The number of sulfonamides is 2. The van der Waals surface area contributed by atoms with Crippen LogP contribution in [0.1, 0.15) is 5.76 Å². The van der Waals surface area contributed by atoms with Gasteiger partial charge in [0.15, 0.2) is 0 Å². The molecular formula is C8H15N3O5S2. The second-order valence-electron chi connectivity index (χ2n) is 3.47. The highest BCUT2D eigenvalue weighted by atomic mass is 32.2. The van der Waals surface area contributed by atoms with Gasteiger partial charge in [0.05, 0.1) is 12.3 Å². The van der Waals surface area contributed by atoms with Crippen LogP contribution in [0, 0.1) is 0 Å². The van der Waals surface area contributed by atoms with Gasteiger partial charge in [0.2, 0.25) is 15.1 Å². The summed E-state index contributed by atoms with van der Waals surface area (Å²) in [5, 5.41) is 7.36. The topological polar surface area (TPSA) is 132 Å². The first kappa shape index (κ1) is 15.1. The minimum Gasteiger partial charge on any atom is -0.447 e. The molecule has 0 saturated heterocycles. The van der Waals surface area contributed by atoms with Gasteiger partial charge >= 0.3 is 0 Å². The van der Waals surface area contributed by atoms with Gasteiger partial charge in [-0.2, -0.15) is 0 Å². The molecule has 18 heavy (non-hydrogen) atoms. The molecule has 0 bridgehead atoms. The van der Waals surface area contributed by atoms with Crippen molar-refractivity contribution in [3.63, 3.8) is 0 Å². The van der Waals surface area contributed by atoms with Crippen molar-refractivity contribution in [3.8, 4) is 0 Å². The Balaban J connectivity index is 2.44. The average molecular weight is 297 g/mol. The Hall–Kier alpha value is -0.940. The van der Waals surface area contributed by atoms with E-state index in [1.54, 1.807) is 0 Å². The number of furan rings is 1. The van der Waals surface area contributed by atoms with E-state index in [9.17, 15) is 16.8 Å². The Bertz CT molecular complexity index is 590. The lowest BCUT2D eigenvalue weighted by Crippen LogP contribution is -2.29. The molecule has 1 aromatic rings. The summed E-state index contributed by atoms with van der Waals surface area (Å²) in [6.07, 6.45) is 0. The molecule has 4 N–H and O–H groups in total. The van der Waals surface area contributed by atoms with E-state index in [-0.39, 0.29) is 23.9 Å². The number of rotatable bonds is 7. The molecule has 104 valence electrons. The van der Waals surface area contributed by atoms with E-state index in [2.05, 4.69) is 10.0 Å². The summed E-state index contributed by atoms with van der Waals surface area (Å²) in [6, 6.07) is 2.70. The maximum Gasteiger partial charge on any atom is 0.271 e. The predicted molar refractivity (Wildman–Crippen MR) is 64.6 cm³/mol. The lowest BCUT2D eigenvalue weighted by molar-refractivity contribution is 0.404. The summed E-state index contributed by atoms with van der Waals surface area (Å²) < 4.78 is 51.1.